The fourth-order valence-corrected chi connectivity index (χ4v) is 7.17. The molecule has 0 spiro atoms. The highest BCUT2D eigenvalue weighted by Crippen LogP contribution is 2.17. The van der Waals surface area contributed by atoms with Gasteiger partial charge in [0.1, 0.15) is 0 Å². The van der Waals surface area contributed by atoms with Crippen LogP contribution < -0.4 is 11.1 Å². The van der Waals surface area contributed by atoms with Crippen LogP contribution in [-0.2, 0) is 9.47 Å². The van der Waals surface area contributed by atoms with Crippen LogP contribution in [0.4, 0.5) is 5.69 Å². The van der Waals surface area contributed by atoms with Gasteiger partial charge in [0.2, 0.25) is 0 Å². The monoisotopic (exact) mass is 807 g/mol. The van der Waals surface area contributed by atoms with Crippen molar-refractivity contribution in [1.29, 1.82) is 0 Å². The van der Waals surface area contributed by atoms with Crippen LogP contribution in [-0.4, -0.2) is 73.0 Å². The van der Waals surface area contributed by atoms with Gasteiger partial charge in [-0.1, -0.05) is 219 Å². The normalized spacial score (nSPS) is 12.3. The number of aliphatic hydroxyl groups is 2. The Balaban J connectivity index is 0.00000116. The number of aromatic carboxylic acids is 1. The Bertz CT molecular complexity index is 950. The number of ether oxygens (including phenoxy) is 2. The molecule has 2 atom stereocenters. The average molecular weight is 807 g/mol. The number of benzene rings is 1. The molecular formula is C49H94N2O6. The van der Waals surface area contributed by atoms with Gasteiger partial charge in [0.25, 0.3) is 0 Å². The molecule has 0 radical (unpaired) electrons. The molecule has 1 aromatic carbocycles. The second kappa shape index (κ2) is 45.4. The molecule has 0 aliphatic heterocycles. The molecule has 1 rings (SSSR count). The lowest BCUT2D eigenvalue weighted by Crippen LogP contribution is -2.30. The first-order valence-corrected chi connectivity index (χ1v) is 24.2. The summed E-state index contributed by atoms with van der Waals surface area (Å²) in [5.74, 6) is -0.983. The van der Waals surface area contributed by atoms with Gasteiger partial charge in [-0.3, -0.25) is 0 Å². The maximum absolute atomic E-state index is 11.3. The van der Waals surface area contributed by atoms with Gasteiger partial charge in [-0.15, -0.1) is 0 Å². The summed E-state index contributed by atoms with van der Waals surface area (Å²) in [7, 11) is 0. The number of anilines is 1. The Hall–Kier alpha value is -1.71. The van der Waals surface area contributed by atoms with Gasteiger partial charge < -0.3 is 35.8 Å². The third kappa shape index (κ3) is 39.5. The van der Waals surface area contributed by atoms with Gasteiger partial charge in [0.05, 0.1) is 44.1 Å². The van der Waals surface area contributed by atoms with Crippen molar-refractivity contribution >= 4 is 11.7 Å². The largest absolute Gasteiger partial charge is 0.478 e. The van der Waals surface area contributed by atoms with Crippen LogP contribution in [0.1, 0.15) is 230 Å². The molecule has 6 N–H and O–H groups in total. The molecule has 336 valence electrons. The fraction of sp³-hybridized carbons (Fsp3) is 0.857. The maximum Gasteiger partial charge on any atom is 0.337 e. The van der Waals surface area contributed by atoms with Gasteiger partial charge in [-0.2, -0.15) is 0 Å². The lowest BCUT2D eigenvalue weighted by Gasteiger charge is -2.19. The molecule has 0 aliphatic rings. The first-order chi connectivity index (χ1) is 28.0. The van der Waals surface area contributed by atoms with E-state index >= 15 is 0 Å². The van der Waals surface area contributed by atoms with E-state index in [2.05, 4.69) is 19.2 Å². The zero-order valence-corrected chi connectivity index (χ0v) is 37.5. The molecule has 0 amide bonds. The Morgan fingerprint density at radius 1 is 0.526 bits per heavy atom. The van der Waals surface area contributed by atoms with Gasteiger partial charge >= 0.3 is 5.97 Å². The van der Waals surface area contributed by atoms with Crippen molar-refractivity contribution in [3.63, 3.8) is 0 Å². The summed E-state index contributed by atoms with van der Waals surface area (Å²) in [5.41, 5.74) is 6.28. The topological polar surface area (TPSA) is 134 Å². The van der Waals surface area contributed by atoms with E-state index in [4.69, 9.17) is 20.3 Å². The Kier molecular flexibility index (Phi) is 44.0. The lowest BCUT2D eigenvalue weighted by molar-refractivity contribution is 0.0697. The minimum atomic E-state index is -0.983. The fourth-order valence-electron chi connectivity index (χ4n) is 7.17. The molecule has 0 unspecified atom stereocenters. The van der Waals surface area contributed by atoms with Crippen molar-refractivity contribution in [2.24, 2.45) is 5.73 Å². The Morgan fingerprint density at radius 3 is 1.19 bits per heavy atom. The summed E-state index contributed by atoms with van der Waals surface area (Å²) in [4.78, 5) is 11.3. The number of nitrogens with one attached hydrogen (secondary N) is 1. The van der Waals surface area contributed by atoms with E-state index < -0.39 is 5.97 Å². The summed E-state index contributed by atoms with van der Waals surface area (Å²) in [5, 5.41) is 30.7. The van der Waals surface area contributed by atoms with Crippen molar-refractivity contribution in [3.05, 3.63) is 29.8 Å². The van der Waals surface area contributed by atoms with E-state index in [1.54, 1.807) is 24.3 Å². The van der Waals surface area contributed by atoms with Crippen LogP contribution in [0, 0.1) is 0 Å². The van der Waals surface area contributed by atoms with Crippen LogP contribution in [0.3, 0.4) is 0 Å². The van der Waals surface area contributed by atoms with Gasteiger partial charge in [0, 0.05) is 18.9 Å². The average Bonchev–Trinajstić information content (AvgIpc) is 3.22. The van der Waals surface area contributed by atoms with Crippen molar-refractivity contribution in [2.45, 2.75) is 231 Å². The second-order valence-corrected chi connectivity index (χ2v) is 16.6. The number of carbonyl (C=O) groups is 1. The third-order valence-corrected chi connectivity index (χ3v) is 10.9. The predicted octanol–water partition coefficient (Wildman–Crippen LogP) is 13.0. The number of nitrogens with two attached hydrogens (primary N) is 1. The number of carboxylic acid groups (broad SMARTS) is 1. The van der Waals surface area contributed by atoms with E-state index in [0.29, 0.717) is 25.5 Å². The molecule has 0 aromatic heterocycles. The summed E-state index contributed by atoms with van der Waals surface area (Å²) < 4.78 is 11.1. The smallest absolute Gasteiger partial charge is 0.337 e. The van der Waals surface area contributed by atoms with E-state index in [9.17, 15) is 15.0 Å². The molecule has 0 saturated carbocycles. The second-order valence-electron chi connectivity index (χ2n) is 16.6. The Labute approximate surface area is 352 Å². The SMILES string of the molecule is CCCCCCCCCCCCCCCCCCOC[C@@H](N)CO.CCCCCCCCCCCCCCCCCCOC[C@H](CO)Nc1ccccc1C(=O)O. The quantitative estimate of drug-likeness (QED) is 0.0412. The summed E-state index contributed by atoms with van der Waals surface area (Å²) in [6.45, 7) is 6.77. The van der Waals surface area contributed by atoms with Crippen molar-refractivity contribution < 1.29 is 29.6 Å². The number of carboxylic acids is 1. The molecule has 57 heavy (non-hydrogen) atoms. The predicted molar refractivity (Wildman–Crippen MR) is 244 cm³/mol. The lowest BCUT2D eigenvalue weighted by atomic mass is 10.0. The van der Waals surface area contributed by atoms with Crippen molar-refractivity contribution in [3.8, 4) is 0 Å². The van der Waals surface area contributed by atoms with E-state index in [1.165, 1.54) is 193 Å². The molecule has 8 nitrogen and oxygen atoms in total. The zero-order chi connectivity index (χ0) is 41.7. The highest BCUT2D eigenvalue weighted by molar-refractivity contribution is 5.94. The van der Waals surface area contributed by atoms with Crippen LogP contribution in [0.15, 0.2) is 24.3 Å². The molecular weight excluding hydrogens is 713 g/mol. The summed E-state index contributed by atoms with van der Waals surface area (Å²) >= 11 is 0. The molecule has 0 fully saturated rings. The molecule has 1 aromatic rings. The minimum Gasteiger partial charge on any atom is -0.478 e. The highest BCUT2D eigenvalue weighted by atomic mass is 16.5. The molecule has 0 heterocycles. The highest BCUT2D eigenvalue weighted by Gasteiger charge is 2.13. The first-order valence-electron chi connectivity index (χ1n) is 24.2. The number of hydrogen-bond acceptors (Lipinski definition) is 7. The van der Waals surface area contributed by atoms with Crippen LogP contribution in [0.25, 0.3) is 0 Å². The van der Waals surface area contributed by atoms with Gasteiger partial charge in [0.15, 0.2) is 0 Å². The summed E-state index contributed by atoms with van der Waals surface area (Å²) in [6, 6.07) is 6.20. The van der Waals surface area contributed by atoms with Crippen LogP contribution in [0.2, 0.25) is 0 Å². The third-order valence-electron chi connectivity index (χ3n) is 10.9. The number of rotatable bonds is 43. The van der Waals surface area contributed by atoms with E-state index in [-0.39, 0.29) is 30.9 Å². The standard InChI is InChI=1S/C28H49NO4.C21H45NO2/c1-2-3-4-5-6-7-8-9-10-11-12-13-14-15-16-19-22-33-24-25(23-30)29-27-21-18-17-20-26(27)28(31)32;1-2-3-4-5-6-7-8-9-10-11-12-13-14-15-16-17-18-24-20-21(22)19-23/h17-18,20-21,25,29-30H,2-16,19,22-24H2,1H3,(H,31,32);21,23H,2-20,22H2,1H3/t25-;21-/m00/s1. The van der Waals surface area contributed by atoms with Gasteiger partial charge in [-0.05, 0) is 25.0 Å². The Morgan fingerprint density at radius 2 is 0.860 bits per heavy atom. The molecule has 0 bridgehead atoms. The van der Waals surface area contributed by atoms with Crippen LogP contribution >= 0.6 is 0 Å². The number of unbranched alkanes of at least 4 members (excludes halogenated alkanes) is 30. The molecule has 0 aliphatic carbocycles. The first kappa shape index (κ1) is 55.3. The van der Waals surface area contributed by atoms with Crippen molar-refractivity contribution in [2.75, 3.05) is 45.0 Å². The number of para-hydroxylation sites is 1. The van der Waals surface area contributed by atoms with Crippen LogP contribution in [0.5, 0.6) is 0 Å². The van der Waals surface area contributed by atoms with E-state index in [1.807, 2.05) is 0 Å². The minimum absolute atomic E-state index is 0.0129. The number of hydrogen-bond donors (Lipinski definition) is 5. The number of aliphatic hydroxyl groups excluding tert-OH is 2. The molecule has 8 heteroatoms. The zero-order valence-electron chi connectivity index (χ0n) is 37.5. The van der Waals surface area contributed by atoms with Gasteiger partial charge in [-0.25, -0.2) is 4.79 Å². The van der Waals surface area contributed by atoms with Crippen molar-refractivity contribution in [1.82, 2.24) is 0 Å². The summed E-state index contributed by atoms with van der Waals surface area (Å²) in [6.07, 6.45) is 43.8. The molecule has 0 saturated heterocycles. The maximum atomic E-state index is 11.3. The van der Waals surface area contributed by atoms with E-state index in [0.717, 1.165) is 19.4 Å².